The third-order valence-electron chi connectivity index (χ3n) is 4.04. The third kappa shape index (κ3) is 3.94. The van der Waals surface area contributed by atoms with Crippen LogP contribution in [0.5, 0.6) is 0 Å². The standard InChI is InChI=1S/C19H19F3N2O2/c1-3-7-12(16(4-2)19(20,21)22)10-13(23)11-24-17(25)14-8-5-6-9-15(14)18(24)26/h3-9,13H,1,10-11,23H2,2H3/b12-7-,16-4+/t13-/m0/s1. The molecule has 2 N–H and O–H groups in total. The second kappa shape index (κ2) is 7.70. The van der Waals surface area contributed by atoms with E-state index in [0.29, 0.717) is 0 Å². The van der Waals surface area contributed by atoms with Gasteiger partial charge in [-0.15, -0.1) is 0 Å². The quantitative estimate of drug-likeness (QED) is 0.619. The van der Waals surface area contributed by atoms with Gasteiger partial charge in [-0.1, -0.05) is 36.9 Å². The molecule has 1 atom stereocenters. The maximum absolute atomic E-state index is 13.1. The summed E-state index contributed by atoms with van der Waals surface area (Å²) >= 11 is 0. The van der Waals surface area contributed by atoms with Crippen molar-refractivity contribution < 1.29 is 22.8 Å². The first kappa shape index (κ1) is 19.7. The fourth-order valence-electron chi connectivity index (χ4n) is 2.93. The number of halogens is 3. The number of benzene rings is 1. The van der Waals surface area contributed by atoms with Crippen molar-refractivity contribution in [3.8, 4) is 0 Å². The van der Waals surface area contributed by atoms with Crippen molar-refractivity contribution in [1.82, 2.24) is 4.90 Å². The number of nitrogens with zero attached hydrogens (tertiary/aromatic N) is 1. The van der Waals surface area contributed by atoms with Crippen LogP contribution in [0.4, 0.5) is 13.2 Å². The second-order valence-electron chi connectivity index (χ2n) is 5.86. The first-order chi connectivity index (χ1) is 12.2. The molecule has 1 aliphatic rings. The minimum Gasteiger partial charge on any atom is -0.326 e. The fourth-order valence-corrected chi connectivity index (χ4v) is 2.93. The number of carbonyl (C=O) groups excluding carboxylic acids is 2. The summed E-state index contributed by atoms with van der Waals surface area (Å²) in [7, 11) is 0. The fraction of sp³-hybridized carbons (Fsp3) is 0.263. The summed E-state index contributed by atoms with van der Waals surface area (Å²) in [4.78, 5) is 25.6. The Labute approximate surface area is 149 Å². The highest BCUT2D eigenvalue weighted by Crippen LogP contribution is 2.33. The molecule has 0 aromatic heterocycles. The molecule has 1 heterocycles. The summed E-state index contributed by atoms with van der Waals surface area (Å²) in [5, 5.41) is 0. The third-order valence-corrected chi connectivity index (χ3v) is 4.04. The summed E-state index contributed by atoms with van der Waals surface area (Å²) in [6.45, 7) is 4.55. The number of alkyl halides is 3. The second-order valence-corrected chi connectivity index (χ2v) is 5.86. The van der Waals surface area contributed by atoms with E-state index < -0.39 is 29.6 Å². The van der Waals surface area contributed by atoms with Gasteiger partial charge in [0.1, 0.15) is 0 Å². The molecule has 0 radical (unpaired) electrons. The van der Waals surface area contributed by atoms with Gasteiger partial charge >= 0.3 is 6.18 Å². The zero-order chi connectivity index (χ0) is 19.5. The Morgan fingerprint density at radius 3 is 2.19 bits per heavy atom. The van der Waals surface area contributed by atoms with Gasteiger partial charge in [0.2, 0.25) is 0 Å². The molecule has 1 aromatic carbocycles. The van der Waals surface area contributed by atoms with Crippen molar-refractivity contribution in [2.45, 2.75) is 25.6 Å². The lowest BCUT2D eigenvalue weighted by Crippen LogP contribution is -2.41. The molecule has 2 rings (SSSR count). The van der Waals surface area contributed by atoms with Crippen LogP contribution in [0.15, 0.2) is 60.2 Å². The van der Waals surface area contributed by atoms with E-state index in [1.54, 1.807) is 12.1 Å². The van der Waals surface area contributed by atoms with Crippen molar-refractivity contribution in [2.24, 2.45) is 5.73 Å². The van der Waals surface area contributed by atoms with Crippen molar-refractivity contribution in [2.75, 3.05) is 6.54 Å². The van der Waals surface area contributed by atoms with Gasteiger partial charge in [0.15, 0.2) is 0 Å². The molecule has 0 bridgehead atoms. The molecule has 4 nitrogen and oxygen atoms in total. The van der Waals surface area contributed by atoms with Crippen LogP contribution in [0.1, 0.15) is 34.1 Å². The zero-order valence-electron chi connectivity index (χ0n) is 14.2. The predicted molar refractivity (Wildman–Crippen MR) is 92.5 cm³/mol. The van der Waals surface area contributed by atoms with Crippen molar-refractivity contribution in [1.29, 1.82) is 0 Å². The van der Waals surface area contributed by atoms with Gasteiger partial charge in [0.25, 0.3) is 11.8 Å². The molecule has 0 saturated carbocycles. The van der Waals surface area contributed by atoms with Crippen molar-refractivity contribution in [3.05, 3.63) is 71.3 Å². The van der Waals surface area contributed by atoms with Crippen LogP contribution in [0, 0.1) is 0 Å². The van der Waals surface area contributed by atoms with Crippen LogP contribution in [0.2, 0.25) is 0 Å². The average molecular weight is 364 g/mol. The van der Waals surface area contributed by atoms with Gasteiger partial charge in [-0.2, -0.15) is 13.2 Å². The topological polar surface area (TPSA) is 63.4 Å². The number of imide groups is 1. The number of nitrogens with two attached hydrogens (primary N) is 1. The van der Waals surface area contributed by atoms with Crippen LogP contribution >= 0.6 is 0 Å². The highest BCUT2D eigenvalue weighted by Gasteiger charge is 2.38. The van der Waals surface area contributed by atoms with Gasteiger partial charge in [0.05, 0.1) is 16.7 Å². The Morgan fingerprint density at radius 2 is 1.77 bits per heavy atom. The lowest BCUT2D eigenvalue weighted by Gasteiger charge is -2.22. The van der Waals surface area contributed by atoms with Gasteiger partial charge < -0.3 is 5.73 Å². The molecule has 0 unspecified atom stereocenters. The van der Waals surface area contributed by atoms with Crippen molar-refractivity contribution in [3.63, 3.8) is 0 Å². The summed E-state index contributed by atoms with van der Waals surface area (Å²) in [5.41, 5.74) is 5.66. The molecular formula is C19H19F3N2O2. The molecule has 0 saturated heterocycles. The minimum atomic E-state index is -4.53. The Morgan fingerprint density at radius 1 is 1.23 bits per heavy atom. The smallest absolute Gasteiger partial charge is 0.326 e. The summed E-state index contributed by atoms with van der Waals surface area (Å²) < 4.78 is 39.4. The van der Waals surface area contributed by atoms with Gasteiger partial charge in [-0.05, 0) is 31.1 Å². The van der Waals surface area contributed by atoms with E-state index in [1.165, 1.54) is 31.2 Å². The molecule has 2 amide bonds. The molecule has 0 fully saturated rings. The van der Waals surface area contributed by atoms with Crippen LogP contribution in [-0.2, 0) is 0 Å². The predicted octanol–water partition coefficient (Wildman–Crippen LogP) is 3.62. The minimum absolute atomic E-state index is 0.0425. The molecule has 0 aliphatic carbocycles. The SMILES string of the molecule is C=C/C=C(C[C@H](N)CN1C(=O)c2ccccc2C1=O)\C(=C/C)C(F)(F)F. The van der Waals surface area contributed by atoms with E-state index in [2.05, 4.69) is 6.58 Å². The lowest BCUT2D eigenvalue weighted by atomic mass is 9.97. The largest absolute Gasteiger partial charge is 0.416 e. The van der Waals surface area contributed by atoms with E-state index in [9.17, 15) is 22.8 Å². The number of rotatable bonds is 6. The van der Waals surface area contributed by atoms with E-state index in [1.807, 2.05) is 0 Å². The van der Waals surface area contributed by atoms with E-state index >= 15 is 0 Å². The zero-order valence-corrected chi connectivity index (χ0v) is 14.2. The maximum atomic E-state index is 13.1. The van der Waals surface area contributed by atoms with E-state index in [4.69, 9.17) is 5.73 Å². The maximum Gasteiger partial charge on any atom is 0.416 e. The Hall–Kier alpha value is -2.67. The first-order valence-corrected chi connectivity index (χ1v) is 7.97. The molecule has 1 aliphatic heterocycles. The molecule has 138 valence electrons. The highest BCUT2D eigenvalue weighted by molar-refractivity contribution is 6.21. The molecule has 7 heteroatoms. The van der Waals surface area contributed by atoms with Crippen LogP contribution in [-0.4, -0.2) is 35.5 Å². The molecule has 26 heavy (non-hydrogen) atoms. The normalized spacial score (nSPS) is 16.7. The van der Waals surface area contributed by atoms with Gasteiger partial charge in [0, 0.05) is 12.6 Å². The van der Waals surface area contributed by atoms with Crippen LogP contribution < -0.4 is 5.73 Å². The monoisotopic (exact) mass is 364 g/mol. The van der Waals surface area contributed by atoms with Crippen LogP contribution in [0.25, 0.3) is 0 Å². The first-order valence-electron chi connectivity index (χ1n) is 7.97. The molecule has 0 spiro atoms. The lowest BCUT2D eigenvalue weighted by molar-refractivity contribution is -0.0897. The van der Waals surface area contributed by atoms with Gasteiger partial charge in [-0.25, -0.2) is 0 Å². The Balaban J connectivity index is 2.16. The number of hydrogen-bond donors (Lipinski definition) is 1. The Bertz CT molecular complexity index is 759. The van der Waals surface area contributed by atoms with Crippen molar-refractivity contribution >= 4 is 11.8 Å². The molecular weight excluding hydrogens is 345 g/mol. The van der Waals surface area contributed by atoms with E-state index in [0.717, 1.165) is 11.0 Å². The summed E-state index contributed by atoms with van der Waals surface area (Å²) in [5.74, 6) is -0.977. The van der Waals surface area contributed by atoms with Crippen LogP contribution in [0.3, 0.4) is 0 Å². The summed E-state index contributed by atoms with van der Waals surface area (Å²) in [6.07, 6.45) is -1.23. The molecule has 1 aromatic rings. The number of amides is 2. The highest BCUT2D eigenvalue weighted by atomic mass is 19.4. The number of allylic oxidation sites excluding steroid dienone is 4. The number of fused-ring (bicyclic) bond motifs is 1. The number of hydrogen-bond acceptors (Lipinski definition) is 3. The Kier molecular flexibility index (Phi) is 5.82. The van der Waals surface area contributed by atoms with Gasteiger partial charge in [-0.3, -0.25) is 14.5 Å². The number of carbonyl (C=O) groups is 2. The summed E-state index contributed by atoms with van der Waals surface area (Å²) in [6, 6.07) is 5.50. The van der Waals surface area contributed by atoms with E-state index in [-0.39, 0.29) is 29.7 Å². The average Bonchev–Trinajstić information content (AvgIpc) is 2.80.